The first-order valence-corrected chi connectivity index (χ1v) is 11.1. The van der Waals surface area contributed by atoms with Crippen molar-refractivity contribution in [2.75, 3.05) is 33.7 Å². The van der Waals surface area contributed by atoms with Crippen LogP contribution in [-0.4, -0.2) is 60.9 Å². The van der Waals surface area contributed by atoms with Crippen molar-refractivity contribution in [3.63, 3.8) is 0 Å². The van der Waals surface area contributed by atoms with E-state index in [4.69, 9.17) is 9.47 Å². The Kier molecular flexibility index (Phi) is 5.84. The van der Waals surface area contributed by atoms with Gasteiger partial charge < -0.3 is 19.7 Å². The predicted octanol–water partition coefficient (Wildman–Crippen LogP) is 3.23. The molecule has 32 heavy (non-hydrogen) atoms. The number of benzene rings is 3. The number of hydrogen-bond acceptors (Lipinski definition) is 5. The van der Waals surface area contributed by atoms with E-state index < -0.39 is 5.54 Å². The van der Waals surface area contributed by atoms with Gasteiger partial charge in [-0.05, 0) is 27.8 Å². The first kappa shape index (κ1) is 21.3. The van der Waals surface area contributed by atoms with Crippen LogP contribution in [0.5, 0.6) is 0 Å². The van der Waals surface area contributed by atoms with E-state index in [0.717, 1.165) is 5.56 Å². The van der Waals surface area contributed by atoms with Crippen molar-refractivity contribution < 1.29 is 19.7 Å². The standard InChI is InChI=1S/C27H29NO4/c1-31-18-32-26-19(16-29)15-28(25(26)17-30)27(20-9-3-2-4-10-20)23-13-7-5-11-21(23)22-12-6-8-14-24(22)27/h2-14,19,25-26,29-30H,15-18H2,1H3/t19-,25+,26+/m0/s1. The van der Waals surface area contributed by atoms with Gasteiger partial charge in [-0.25, -0.2) is 0 Å². The molecule has 2 N–H and O–H groups in total. The number of rotatable bonds is 7. The van der Waals surface area contributed by atoms with Gasteiger partial charge in [-0.1, -0.05) is 78.9 Å². The van der Waals surface area contributed by atoms with Gasteiger partial charge >= 0.3 is 0 Å². The third kappa shape index (κ3) is 3.04. The minimum absolute atomic E-state index is 0.0183. The molecule has 0 spiro atoms. The highest BCUT2D eigenvalue weighted by atomic mass is 16.7. The second-order valence-corrected chi connectivity index (χ2v) is 8.55. The van der Waals surface area contributed by atoms with Crippen LogP contribution in [0.25, 0.3) is 11.1 Å². The summed E-state index contributed by atoms with van der Waals surface area (Å²) < 4.78 is 11.2. The molecule has 3 aromatic rings. The third-order valence-electron chi connectivity index (χ3n) is 7.02. The second kappa shape index (κ2) is 8.77. The number of ether oxygens (including phenoxy) is 2. The Labute approximate surface area is 188 Å². The van der Waals surface area contributed by atoms with Gasteiger partial charge in [0.25, 0.3) is 0 Å². The number of likely N-dealkylation sites (tertiary alicyclic amines) is 1. The van der Waals surface area contributed by atoms with E-state index in [1.54, 1.807) is 7.11 Å². The quantitative estimate of drug-likeness (QED) is 0.563. The molecule has 1 saturated heterocycles. The normalized spacial score (nSPS) is 23.8. The first-order valence-electron chi connectivity index (χ1n) is 11.1. The van der Waals surface area contributed by atoms with Crippen LogP contribution >= 0.6 is 0 Å². The Morgan fingerprint density at radius 2 is 1.44 bits per heavy atom. The molecule has 2 aliphatic rings. The summed E-state index contributed by atoms with van der Waals surface area (Å²) in [7, 11) is 1.59. The van der Waals surface area contributed by atoms with Gasteiger partial charge in [-0.3, -0.25) is 4.90 Å². The molecule has 1 fully saturated rings. The van der Waals surface area contributed by atoms with Crippen LogP contribution in [0.2, 0.25) is 0 Å². The number of methoxy groups -OCH3 is 1. The molecule has 1 heterocycles. The van der Waals surface area contributed by atoms with Gasteiger partial charge in [0.2, 0.25) is 0 Å². The van der Waals surface area contributed by atoms with Crippen LogP contribution in [-0.2, 0) is 15.0 Å². The Morgan fingerprint density at radius 1 is 0.844 bits per heavy atom. The van der Waals surface area contributed by atoms with Gasteiger partial charge in [0, 0.05) is 26.2 Å². The number of nitrogens with zero attached hydrogens (tertiary/aromatic N) is 1. The third-order valence-corrected chi connectivity index (χ3v) is 7.02. The lowest BCUT2D eigenvalue weighted by atomic mass is 9.78. The van der Waals surface area contributed by atoms with Crippen LogP contribution < -0.4 is 0 Å². The summed E-state index contributed by atoms with van der Waals surface area (Å²) in [5.74, 6) is -0.136. The van der Waals surface area contributed by atoms with Crippen molar-refractivity contribution in [1.29, 1.82) is 0 Å². The zero-order chi connectivity index (χ0) is 22.1. The van der Waals surface area contributed by atoms with Crippen molar-refractivity contribution in [2.24, 2.45) is 5.92 Å². The summed E-state index contributed by atoms with van der Waals surface area (Å²) in [6.45, 7) is 0.615. The highest BCUT2D eigenvalue weighted by molar-refractivity contribution is 5.83. The van der Waals surface area contributed by atoms with E-state index in [9.17, 15) is 10.2 Å². The van der Waals surface area contributed by atoms with Gasteiger partial charge in [0.1, 0.15) is 6.79 Å². The van der Waals surface area contributed by atoms with Crippen molar-refractivity contribution in [3.05, 3.63) is 95.6 Å². The van der Waals surface area contributed by atoms with Crippen LogP contribution in [0, 0.1) is 5.92 Å². The monoisotopic (exact) mass is 431 g/mol. The molecule has 0 amide bonds. The zero-order valence-corrected chi connectivity index (χ0v) is 18.2. The van der Waals surface area contributed by atoms with Crippen LogP contribution in [0.3, 0.4) is 0 Å². The van der Waals surface area contributed by atoms with Crippen LogP contribution in [0.1, 0.15) is 16.7 Å². The maximum absolute atomic E-state index is 10.6. The van der Waals surface area contributed by atoms with E-state index in [-0.39, 0.29) is 38.1 Å². The summed E-state index contributed by atoms with van der Waals surface area (Å²) in [5.41, 5.74) is 5.32. The van der Waals surface area contributed by atoms with Gasteiger partial charge in [-0.2, -0.15) is 0 Å². The fraction of sp³-hybridized carbons (Fsp3) is 0.333. The van der Waals surface area contributed by atoms with E-state index in [0.29, 0.717) is 6.54 Å². The first-order chi connectivity index (χ1) is 15.8. The van der Waals surface area contributed by atoms with Gasteiger partial charge in [0.15, 0.2) is 0 Å². The van der Waals surface area contributed by atoms with Crippen molar-refractivity contribution in [2.45, 2.75) is 17.7 Å². The molecule has 5 rings (SSSR count). The Bertz CT molecular complexity index is 1020. The Balaban J connectivity index is 1.77. The molecule has 166 valence electrons. The lowest BCUT2D eigenvalue weighted by molar-refractivity contribution is -0.105. The summed E-state index contributed by atoms with van der Waals surface area (Å²) in [6.07, 6.45) is -0.342. The van der Waals surface area contributed by atoms with Crippen LogP contribution in [0.4, 0.5) is 0 Å². The van der Waals surface area contributed by atoms with Crippen molar-refractivity contribution in [3.8, 4) is 11.1 Å². The zero-order valence-electron chi connectivity index (χ0n) is 18.2. The summed E-state index contributed by atoms with van der Waals surface area (Å²) in [4.78, 5) is 2.34. The van der Waals surface area contributed by atoms with Gasteiger partial charge in [0.05, 0.1) is 24.3 Å². The lowest BCUT2D eigenvalue weighted by Gasteiger charge is -2.44. The maximum Gasteiger partial charge on any atom is 0.146 e. The number of fused-ring (bicyclic) bond motifs is 3. The topological polar surface area (TPSA) is 62.2 Å². The molecule has 0 unspecified atom stereocenters. The van der Waals surface area contributed by atoms with Gasteiger partial charge in [-0.15, -0.1) is 0 Å². The van der Waals surface area contributed by atoms with Crippen LogP contribution in [0.15, 0.2) is 78.9 Å². The largest absolute Gasteiger partial charge is 0.396 e. The average molecular weight is 432 g/mol. The van der Waals surface area contributed by atoms with E-state index in [1.165, 1.54) is 22.3 Å². The fourth-order valence-corrected chi connectivity index (χ4v) is 5.80. The highest BCUT2D eigenvalue weighted by Crippen LogP contribution is 2.56. The molecule has 5 nitrogen and oxygen atoms in total. The molecule has 5 heteroatoms. The van der Waals surface area contributed by atoms with E-state index in [1.807, 2.05) is 6.07 Å². The number of hydrogen-bond donors (Lipinski definition) is 2. The SMILES string of the molecule is COCO[C@@H]1[C@H](CO)CN(C2(c3ccccc3)c3ccccc3-c3ccccc32)[C@@H]1CO. The average Bonchev–Trinajstić information content (AvgIpc) is 3.36. The molecule has 0 bridgehead atoms. The number of aliphatic hydroxyl groups is 2. The fourth-order valence-electron chi connectivity index (χ4n) is 5.80. The van der Waals surface area contributed by atoms with E-state index in [2.05, 4.69) is 77.7 Å². The molecule has 1 aliphatic carbocycles. The summed E-state index contributed by atoms with van der Waals surface area (Å²) in [5, 5.41) is 20.8. The Hall–Kier alpha value is -2.54. The summed E-state index contributed by atoms with van der Waals surface area (Å²) >= 11 is 0. The van der Waals surface area contributed by atoms with E-state index >= 15 is 0 Å². The molecule has 0 radical (unpaired) electrons. The minimum Gasteiger partial charge on any atom is -0.396 e. The minimum atomic E-state index is -0.597. The maximum atomic E-state index is 10.6. The Morgan fingerprint density at radius 3 is 2.00 bits per heavy atom. The molecule has 3 atom stereocenters. The molecule has 0 saturated carbocycles. The molecule has 3 aromatic carbocycles. The predicted molar refractivity (Wildman–Crippen MR) is 123 cm³/mol. The molecular formula is C27H29NO4. The second-order valence-electron chi connectivity index (χ2n) is 8.55. The smallest absolute Gasteiger partial charge is 0.146 e. The highest BCUT2D eigenvalue weighted by Gasteiger charge is 2.56. The lowest BCUT2D eigenvalue weighted by Crippen LogP contribution is -2.52. The van der Waals surface area contributed by atoms with Crippen molar-refractivity contribution >= 4 is 0 Å². The molecule has 0 aromatic heterocycles. The van der Waals surface area contributed by atoms with Crippen molar-refractivity contribution in [1.82, 2.24) is 4.90 Å². The summed E-state index contributed by atoms with van der Waals surface area (Å²) in [6, 6.07) is 27.2. The number of aliphatic hydroxyl groups excluding tert-OH is 2. The molecular weight excluding hydrogens is 402 g/mol. The molecule has 1 aliphatic heterocycles.